The van der Waals surface area contributed by atoms with E-state index in [1.54, 1.807) is 18.2 Å². The standard InChI is InChI=1S/C25H25F3N2O5S/c1-30-21-4-2-3-20(19(21)7-12-36(30,32)33)29-23(31)13-16-15-24(8-10-34-11-9-24)35-22-14-17(25(26,27)28)5-6-18(16)22/h2-6,13-14H,7-12,15H2,1H3,(H,29,31). The van der Waals surface area contributed by atoms with Crippen LogP contribution >= 0.6 is 0 Å². The van der Waals surface area contributed by atoms with Crippen molar-refractivity contribution in [2.75, 3.05) is 35.6 Å². The SMILES string of the molecule is CN1c2cccc(NC(=O)C=C3CC4(CCOCC4)Oc4cc(C(F)(F)F)ccc43)c2CCS1(=O)=O. The van der Waals surface area contributed by atoms with Crippen LogP contribution in [-0.4, -0.2) is 45.9 Å². The lowest BCUT2D eigenvalue weighted by molar-refractivity contribution is -0.138. The first kappa shape index (κ1) is 24.6. The summed E-state index contributed by atoms with van der Waals surface area (Å²) < 4.78 is 77.3. The number of fused-ring (bicyclic) bond motifs is 2. The van der Waals surface area contributed by atoms with Gasteiger partial charge in [-0.25, -0.2) is 8.42 Å². The van der Waals surface area contributed by atoms with Crippen LogP contribution in [0.4, 0.5) is 24.5 Å². The molecule has 0 aliphatic carbocycles. The van der Waals surface area contributed by atoms with Crippen molar-refractivity contribution in [2.45, 2.75) is 37.5 Å². The second-order valence-corrected chi connectivity index (χ2v) is 11.4. The Morgan fingerprint density at radius 2 is 1.92 bits per heavy atom. The van der Waals surface area contributed by atoms with Gasteiger partial charge in [-0.3, -0.25) is 9.10 Å². The van der Waals surface area contributed by atoms with E-state index in [4.69, 9.17) is 9.47 Å². The summed E-state index contributed by atoms with van der Waals surface area (Å²) in [5.74, 6) is -0.424. The molecule has 3 heterocycles. The molecule has 1 spiro atoms. The van der Waals surface area contributed by atoms with Crippen molar-refractivity contribution in [3.63, 3.8) is 0 Å². The number of carbonyl (C=O) groups excluding carboxylic acids is 1. The molecule has 7 nitrogen and oxygen atoms in total. The topological polar surface area (TPSA) is 84.9 Å². The molecular weight excluding hydrogens is 497 g/mol. The molecule has 1 amide bonds. The van der Waals surface area contributed by atoms with Crippen molar-refractivity contribution in [1.29, 1.82) is 0 Å². The number of anilines is 2. The summed E-state index contributed by atoms with van der Waals surface area (Å²) in [5, 5.41) is 2.84. The summed E-state index contributed by atoms with van der Waals surface area (Å²) in [6.45, 7) is 0.834. The maximum atomic E-state index is 13.4. The van der Waals surface area contributed by atoms with E-state index in [2.05, 4.69) is 5.32 Å². The molecule has 0 atom stereocenters. The molecule has 192 valence electrons. The second kappa shape index (κ2) is 8.81. The zero-order valence-corrected chi connectivity index (χ0v) is 20.3. The van der Waals surface area contributed by atoms with Crippen LogP contribution in [0.5, 0.6) is 5.75 Å². The Morgan fingerprint density at radius 3 is 2.64 bits per heavy atom. The number of nitrogens with one attached hydrogen (secondary N) is 1. The molecule has 36 heavy (non-hydrogen) atoms. The number of nitrogens with zero attached hydrogens (tertiary/aromatic N) is 1. The maximum Gasteiger partial charge on any atom is 0.416 e. The van der Waals surface area contributed by atoms with Gasteiger partial charge in [0.25, 0.3) is 0 Å². The monoisotopic (exact) mass is 522 g/mol. The van der Waals surface area contributed by atoms with Crippen LogP contribution in [0.3, 0.4) is 0 Å². The molecule has 11 heteroatoms. The van der Waals surface area contributed by atoms with Crippen molar-refractivity contribution in [3.8, 4) is 5.75 Å². The Bertz CT molecular complexity index is 1350. The van der Waals surface area contributed by atoms with Gasteiger partial charge in [0.15, 0.2) is 0 Å². The van der Waals surface area contributed by atoms with Gasteiger partial charge in [-0.1, -0.05) is 12.1 Å². The molecule has 0 saturated carbocycles. The number of hydrogen-bond donors (Lipinski definition) is 1. The van der Waals surface area contributed by atoms with Gasteiger partial charge in [-0.05, 0) is 36.3 Å². The maximum absolute atomic E-state index is 13.4. The number of rotatable bonds is 2. The van der Waals surface area contributed by atoms with Crippen molar-refractivity contribution in [1.82, 2.24) is 0 Å². The normalized spacial score (nSPS) is 21.4. The van der Waals surface area contributed by atoms with E-state index in [9.17, 15) is 26.4 Å². The zero-order chi connectivity index (χ0) is 25.7. The molecule has 1 saturated heterocycles. The number of hydrogen-bond acceptors (Lipinski definition) is 5. The molecule has 3 aliphatic rings. The number of amides is 1. The van der Waals surface area contributed by atoms with Crippen LogP contribution in [0.2, 0.25) is 0 Å². The number of alkyl halides is 3. The third-order valence-electron chi connectivity index (χ3n) is 6.98. The van der Waals surface area contributed by atoms with E-state index in [1.165, 1.54) is 23.5 Å². The summed E-state index contributed by atoms with van der Waals surface area (Å²) in [6, 6.07) is 8.36. The molecule has 1 fully saturated rings. The van der Waals surface area contributed by atoms with Crippen molar-refractivity contribution in [3.05, 3.63) is 59.2 Å². The second-order valence-electron chi connectivity index (χ2n) is 9.28. The van der Waals surface area contributed by atoms with Gasteiger partial charge in [0.2, 0.25) is 15.9 Å². The molecule has 0 bridgehead atoms. The minimum Gasteiger partial charge on any atom is -0.486 e. The lowest BCUT2D eigenvalue weighted by Crippen LogP contribution is -2.44. The fourth-order valence-corrected chi connectivity index (χ4v) is 6.21. The highest BCUT2D eigenvalue weighted by atomic mass is 32.2. The number of halogens is 3. The third kappa shape index (κ3) is 4.57. The minimum atomic E-state index is -4.52. The highest BCUT2D eigenvalue weighted by Crippen LogP contribution is 2.46. The average Bonchev–Trinajstić information content (AvgIpc) is 2.81. The van der Waals surface area contributed by atoms with Gasteiger partial charge in [0.1, 0.15) is 11.4 Å². The first-order valence-electron chi connectivity index (χ1n) is 11.6. The fourth-order valence-electron chi connectivity index (χ4n) is 5.01. The zero-order valence-electron chi connectivity index (χ0n) is 19.5. The van der Waals surface area contributed by atoms with Crippen molar-refractivity contribution < 1.29 is 35.9 Å². The molecule has 1 N–H and O–H groups in total. The molecule has 0 aromatic heterocycles. The van der Waals surface area contributed by atoms with Gasteiger partial charge in [0.05, 0.1) is 30.2 Å². The van der Waals surface area contributed by atoms with E-state index >= 15 is 0 Å². The van der Waals surface area contributed by atoms with Crippen LogP contribution < -0.4 is 14.4 Å². The van der Waals surface area contributed by atoms with E-state index in [-0.39, 0.29) is 17.9 Å². The summed E-state index contributed by atoms with van der Waals surface area (Å²) in [4.78, 5) is 13.1. The molecule has 2 aromatic rings. The fraction of sp³-hybridized carbons (Fsp3) is 0.400. The minimum absolute atomic E-state index is 0.0681. The molecular formula is C25H25F3N2O5S. The smallest absolute Gasteiger partial charge is 0.416 e. The van der Waals surface area contributed by atoms with Crippen LogP contribution in [0.1, 0.15) is 36.0 Å². The molecule has 0 unspecified atom stereocenters. The first-order valence-corrected chi connectivity index (χ1v) is 13.2. The van der Waals surface area contributed by atoms with E-state index in [0.29, 0.717) is 60.6 Å². The molecule has 3 aliphatic heterocycles. The third-order valence-corrected chi connectivity index (χ3v) is 8.73. The summed E-state index contributed by atoms with van der Waals surface area (Å²) in [6.07, 6.45) is -1.52. The Balaban J connectivity index is 1.48. The number of sulfonamides is 1. The Labute approximate surface area is 206 Å². The van der Waals surface area contributed by atoms with Gasteiger partial charge in [0, 0.05) is 49.2 Å². The highest BCUT2D eigenvalue weighted by molar-refractivity contribution is 7.92. The predicted molar refractivity (Wildman–Crippen MR) is 128 cm³/mol. The summed E-state index contributed by atoms with van der Waals surface area (Å²) in [5.41, 5.74) is 1.17. The van der Waals surface area contributed by atoms with Crippen molar-refractivity contribution >= 4 is 32.9 Å². The summed E-state index contributed by atoms with van der Waals surface area (Å²) >= 11 is 0. The highest BCUT2D eigenvalue weighted by Gasteiger charge is 2.41. The Morgan fingerprint density at radius 1 is 1.17 bits per heavy atom. The lowest BCUT2D eigenvalue weighted by Gasteiger charge is -2.42. The van der Waals surface area contributed by atoms with Gasteiger partial charge < -0.3 is 14.8 Å². The number of ether oxygens (including phenoxy) is 2. The molecule has 0 radical (unpaired) electrons. The Hall–Kier alpha value is -3.05. The van der Waals surface area contributed by atoms with Crippen LogP contribution in [0, 0.1) is 0 Å². The van der Waals surface area contributed by atoms with Gasteiger partial charge in [-0.15, -0.1) is 0 Å². The van der Waals surface area contributed by atoms with Gasteiger partial charge >= 0.3 is 6.18 Å². The van der Waals surface area contributed by atoms with Crippen LogP contribution in [0.25, 0.3) is 5.57 Å². The largest absolute Gasteiger partial charge is 0.486 e. The number of carbonyl (C=O) groups is 1. The Kier molecular flexibility index (Phi) is 6.03. The number of benzene rings is 2. The first-order chi connectivity index (χ1) is 17.0. The molecule has 2 aromatic carbocycles. The van der Waals surface area contributed by atoms with Crippen LogP contribution in [-0.2, 0) is 32.2 Å². The van der Waals surface area contributed by atoms with Gasteiger partial charge in [-0.2, -0.15) is 13.2 Å². The quantitative estimate of drug-likeness (QED) is 0.592. The average molecular weight is 523 g/mol. The van der Waals surface area contributed by atoms with E-state index < -0.39 is 33.3 Å². The molecule has 5 rings (SSSR count). The van der Waals surface area contributed by atoms with Crippen molar-refractivity contribution in [2.24, 2.45) is 0 Å². The van der Waals surface area contributed by atoms with Crippen LogP contribution in [0.15, 0.2) is 42.5 Å². The lowest BCUT2D eigenvalue weighted by atomic mass is 9.81. The summed E-state index contributed by atoms with van der Waals surface area (Å²) in [7, 11) is -1.93. The van der Waals surface area contributed by atoms with E-state index in [0.717, 1.165) is 12.1 Å². The van der Waals surface area contributed by atoms with E-state index in [1.807, 2.05) is 0 Å². The predicted octanol–water partition coefficient (Wildman–Crippen LogP) is 4.38.